The number of rotatable bonds is 3. The summed E-state index contributed by atoms with van der Waals surface area (Å²) in [6.07, 6.45) is 0. The smallest absolute Gasteiger partial charge is 0.322 e. The SMILES string of the molecule is CC(C)N(C)C(=O)Nc1cc(-c2cccc(F)c2)ns1.Cl. The highest BCUT2D eigenvalue weighted by Gasteiger charge is 2.13. The molecule has 0 unspecified atom stereocenters. The summed E-state index contributed by atoms with van der Waals surface area (Å²) in [7, 11) is 1.73. The molecule has 0 fully saturated rings. The molecule has 4 nitrogen and oxygen atoms in total. The van der Waals surface area contributed by atoms with Gasteiger partial charge in [0.15, 0.2) is 0 Å². The number of hydrogen-bond donors (Lipinski definition) is 1. The average molecular weight is 330 g/mol. The van der Waals surface area contributed by atoms with Crippen LogP contribution in [0, 0.1) is 5.82 Å². The largest absolute Gasteiger partial charge is 0.325 e. The van der Waals surface area contributed by atoms with E-state index in [-0.39, 0.29) is 30.3 Å². The van der Waals surface area contributed by atoms with Gasteiger partial charge in [0.2, 0.25) is 0 Å². The molecule has 114 valence electrons. The number of hydrogen-bond acceptors (Lipinski definition) is 3. The normalized spacial score (nSPS) is 10.1. The van der Waals surface area contributed by atoms with E-state index >= 15 is 0 Å². The van der Waals surface area contributed by atoms with Gasteiger partial charge in [0.25, 0.3) is 0 Å². The topological polar surface area (TPSA) is 45.2 Å². The number of carbonyl (C=O) groups is 1. The molecule has 0 aliphatic carbocycles. The lowest BCUT2D eigenvalue weighted by atomic mass is 10.1. The molecule has 0 aliphatic rings. The second-order valence-corrected chi connectivity index (χ2v) is 5.53. The third-order valence-electron chi connectivity index (χ3n) is 2.96. The van der Waals surface area contributed by atoms with E-state index in [1.54, 1.807) is 30.1 Å². The first-order chi connectivity index (χ1) is 9.47. The van der Waals surface area contributed by atoms with Crippen LogP contribution in [-0.2, 0) is 0 Å². The number of nitrogens with zero attached hydrogens (tertiary/aromatic N) is 2. The van der Waals surface area contributed by atoms with Gasteiger partial charge in [-0.3, -0.25) is 5.32 Å². The predicted octanol–water partition coefficient (Wildman–Crippen LogP) is 4.24. The monoisotopic (exact) mass is 329 g/mol. The maximum atomic E-state index is 13.2. The molecule has 7 heteroatoms. The highest BCUT2D eigenvalue weighted by atomic mass is 35.5. The summed E-state index contributed by atoms with van der Waals surface area (Å²) in [6.45, 7) is 3.87. The summed E-state index contributed by atoms with van der Waals surface area (Å²) in [5, 5.41) is 3.42. The quantitative estimate of drug-likeness (QED) is 0.915. The standard InChI is InChI=1S/C14H16FN3OS.ClH/c1-9(2)18(3)14(19)16-13-8-12(17-20-13)10-5-4-6-11(15)7-10;/h4-9H,1-3H3,(H,16,19);1H. The summed E-state index contributed by atoms with van der Waals surface area (Å²) in [4.78, 5) is 13.5. The van der Waals surface area contributed by atoms with Crippen LogP contribution in [0.3, 0.4) is 0 Å². The lowest BCUT2D eigenvalue weighted by Crippen LogP contribution is -2.36. The van der Waals surface area contributed by atoms with Crippen LogP contribution in [0.2, 0.25) is 0 Å². The highest BCUT2D eigenvalue weighted by molar-refractivity contribution is 7.10. The van der Waals surface area contributed by atoms with E-state index < -0.39 is 0 Å². The lowest BCUT2D eigenvalue weighted by Gasteiger charge is -2.21. The Morgan fingerprint density at radius 2 is 2.10 bits per heavy atom. The molecule has 2 rings (SSSR count). The van der Waals surface area contributed by atoms with Crippen LogP contribution in [0.5, 0.6) is 0 Å². The summed E-state index contributed by atoms with van der Waals surface area (Å²) < 4.78 is 17.4. The zero-order chi connectivity index (χ0) is 14.7. The number of urea groups is 1. The van der Waals surface area contributed by atoms with Crippen molar-refractivity contribution in [3.8, 4) is 11.3 Å². The van der Waals surface area contributed by atoms with Gasteiger partial charge >= 0.3 is 6.03 Å². The number of nitrogens with one attached hydrogen (secondary N) is 1. The van der Waals surface area contributed by atoms with E-state index in [0.29, 0.717) is 16.3 Å². The van der Waals surface area contributed by atoms with E-state index in [0.717, 1.165) is 0 Å². The van der Waals surface area contributed by atoms with Gasteiger partial charge in [0, 0.05) is 24.7 Å². The molecule has 1 aromatic carbocycles. The minimum absolute atomic E-state index is 0. The summed E-state index contributed by atoms with van der Waals surface area (Å²) in [5.41, 5.74) is 1.34. The van der Waals surface area contributed by atoms with Gasteiger partial charge in [-0.15, -0.1) is 12.4 Å². The Kier molecular flexibility index (Phi) is 6.11. The van der Waals surface area contributed by atoms with Gasteiger partial charge in [-0.25, -0.2) is 9.18 Å². The Labute approximate surface area is 133 Å². The number of carbonyl (C=O) groups excluding carboxylic acids is 1. The Balaban J connectivity index is 0.00000220. The highest BCUT2D eigenvalue weighted by Crippen LogP contribution is 2.26. The first kappa shape index (κ1) is 17.4. The lowest BCUT2D eigenvalue weighted by molar-refractivity contribution is 0.211. The van der Waals surface area contributed by atoms with Gasteiger partial charge in [0.05, 0.1) is 5.69 Å². The van der Waals surface area contributed by atoms with Crippen LogP contribution in [0.15, 0.2) is 30.3 Å². The summed E-state index contributed by atoms with van der Waals surface area (Å²) in [6, 6.07) is 7.89. The van der Waals surface area contributed by atoms with Crippen LogP contribution < -0.4 is 5.32 Å². The molecule has 1 aromatic heterocycles. The molecular weight excluding hydrogens is 313 g/mol. The Morgan fingerprint density at radius 3 is 2.71 bits per heavy atom. The summed E-state index contributed by atoms with van der Waals surface area (Å²) in [5.74, 6) is -0.305. The maximum Gasteiger partial charge on any atom is 0.322 e. The third-order valence-corrected chi connectivity index (χ3v) is 3.66. The molecule has 2 aromatic rings. The van der Waals surface area contributed by atoms with Crippen LogP contribution in [0.4, 0.5) is 14.2 Å². The molecule has 0 bridgehead atoms. The van der Waals surface area contributed by atoms with E-state index in [9.17, 15) is 9.18 Å². The van der Waals surface area contributed by atoms with Gasteiger partial charge in [0.1, 0.15) is 10.8 Å². The Bertz CT molecular complexity index is 618. The van der Waals surface area contributed by atoms with Crippen molar-refractivity contribution < 1.29 is 9.18 Å². The molecule has 2 amide bonds. The number of halogens is 2. The predicted molar refractivity (Wildman–Crippen MR) is 86.7 cm³/mol. The van der Waals surface area contributed by atoms with Crippen molar-refractivity contribution in [1.82, 2.24) is 9.27 Å². The zero-order valence-corrected chi connectivity index (χ0v) is 13.6. The number of aromatic nitrogens is 1. The fourth-order valence-corrected chi connectivity index (χ4v) is 2.20. The molecule has 1 N–H and O–H groups in total. The van der Waals surface area contributed by atoms with Crippen LogP contribution >= 0.6 is 23.9 Å². The van der Waals surface area contributed by atoms with Crippen LogP contribution in [0.1, 0.15) is 13.8 Å². The van der Waals surface area contributed by atoms with Crippen molar-refractivity contribution >= 4 is 35.0 Å². The first-order valence-electron chi connectivity index (χ1n) is 6.24. The molecule has 0 spiro atoms. The van der Waals surface area contributed by atoms with Crippen molar-refractivity contribution in [2.45, 2.75) is 19.9 Å². The Hall–Kier alpha value is -1.66. The molecule has 0 saturated heterocycles. The molecule has 21 heavy (non-hydrogen) atoms. The van der Waals surface area contributed by atoms with Gasteiger partial charge < -0.3 is 4.90 Å². The fourth-order valence-electron chi connectivity index (χ4n) is 1.55. The molecule has 0 saturated carbocycles. The second kappa shape index (κ2) is 7.38. The van der Waals surface area contributed by atoms with Gasteiger partial charge in [-0.2, -0.15) is 4.37 Å². The van der Waals surface area contributed by atoms with Gasteiger partial charge in [-0.05, 0) is 37.5 Å². The van der Waals surface area contributed by atoms with E-state index in [2.05, 4.69) is 9.69 Å². The average Bonchev–Trinajstić information content (AvgIpc) is 2.86. The molecule has 1 heterocycles. The van der Waals surface area contributed by atoms with Crippen molar-refractivity contribution in [1.29, 1.82) is 0 Å². The molecular formula is C14H17ClFN3OS. The van der Waals surface area contributed by atoms with E-state index in [1.165, 1.54) is 23.7 Å². The van der Waals surface area contributed by atoms with Gasteiger partial charge in [-0.1, -0.05) is 12.1 Å². The fraction of sp³-hybridized carbons (Fsp3) is 0.286. The number of benzene rings is 1. The van der Waals surface area contributed by atoms with Crippen LogP contribution in [0.25, 0.3) is 11.3 Å². The minimum atomic E-state index is -0.305. The molecule has 0 atom stereocenters. The van der Waals surface area contributed by atoms with Crippen molar-refractivity contribution in [2.24, 2.45) is 0 Å². The van der Waals surface area contributed by atoms with Crippen molar-refractivity contribution in [3.63, 3.8) is 0 Å². The van der Waals surface area contributed by atoms with E-state index in [1.807, 2.05) is 13.8 Å². The first-order valence-corrected chi connectivity index (χ1v) is 7.01. The maximum absolute atomic E-state index is 13.2. The second-order valence-electron chi connectivity index (χ2n) is 4.72. The van der Waals surface area contributed by atoms with Crippen LogP contribution in [-0.4, -0.2) is 28.4 Å². The minimum Gasteiger partial charge on any atom is -0.325 e. The van der Waals surface area contributed by atoms with Crippen molar-refractivity contribution in [3.05, 3.63) is 36.1 Å². The number of anilines is 1. The Morgan fingerprint density at radius 1 is 1.38 bits per heavy atom. The molecule has 0 radical (unpaired) electrons. The summed E-state index contributed by atoms with van der Waals surface area (Å²) >= 11 is 1.18. The number of amides is 2. The zero-order valence-electron chi connectivity index (χ0n) is 12.0. The third kappa shape index (κ3) is 4.41. The van der Waals surface area contributed by atoms with E-state index in [4.69, 9.17) is 0 Å². The van der Waals surface area contributed by atoms with Crippen molar-refractivity contribution in [2.75, 3.05) is 12.4 Å². The molecule has 0 aliphatic heterocycles.